The van der Waals surface area contributed by atoms with Crippen molar-refractivity contribution in [2.75, 3.05) is 10.2 Å². The third-order valence-corrected chi connectivity index (χ3v) is 8.71. The van der Waals surface area contributed by atoms with E-state index >= 15 is 0 Å². The van der Waals surface area contributed by atoms with Crippen LogP contribution in [0.4, 0.5) is 11.4 Å². The molecule has 11 heteroatoms. The molecule has 0 fully saturated rings. The van der Waals surface area contributed by atoms with Gasteiger partial charge in [-0.25, -0.2) is 14.5 Å². The van der Waals surface area contributed by atoms with Crippen molar-refractivity contribution in [3.8, 4) is 11.5 Å². The molecular formula is C43H32N2O9. The number of rotatable bonds is 11. The number of nitrogens with zero attached hydrogens (tertiary/aromatic N) is 1. The third-order valence-electron chi connectivity index (χ3n) is 8.71. The summed E-state index contributed by atoms with van der Waals surface area (Å²) in [5.41, 5.74) is 3.31. The van der Waals surface area contributed by atoms with Crippen LogP contribution in [0.25, 0.3) is 0 Å². The highest BCUT2D eigenvalue weighted by atomic mass is 16.5. The number of benzene rings is 5. The molecular weight excluding hydrogens is 688 g/mol. The average molecular weight is 721 g/mol. The summed E-state index contributed by atoms with van der Waals surface area (Å²) in [6.07, 6.45) is -0.478. The lowest BCUT2D eigenvalue weighted by atomic mass is 10.00. The second-order valence-electron chi connectivity index (χ2n) is 12.5. The predicted octanol–water partition coefficient (Wildman–Crippen LogP) is 7.35. The van der Waals surface area contributed by atoms with Gasteiger partial charge in [0.05, 0.1) is 23.2 Å². The minimum absolute atomic E-state index is 0.0787. The Morgan fingerprint density at radius 1 is 0.537 bits per heavy atom. The van der Waals surface area contributed by atoms with Crippen molar-refractivity contribution in [3.63, 3.8) is 0 Å². The number of esters is 2. The quantitative estimate of drug-likeness (QED) is 0.0485. The summed E-state index contributed by atoms with van der Waals surface area (Å²) < 4.78 is 10.9. The number of anilines is 2. The normalized spacial score (nSPS) is 12.4. The van der Waals surface area contributed by atoms with E-state index in [1.54, 1.807) is 44.2 Å². The molecule has 0 bridgehead atoms. The molecule has 0 saturated carbocycles. The highest BCUT2D eigenvalue weighted by molar-refractivity contribution is 6.32. The lowest BCUT2D eigenvalue weighted by Gasteiger charge is -2.15. The number of nitrogens with one attached hydrogen (secondary N) is 1. The second kappa shape index (κ2) is 15.5. The highest BCUT2D eigenvalue weighted by Gasteiger charge is 2.34. The number of amides is 3. The highest BCUT2D eigenvalue weighted by Crippen LogP contribution is 2.27. The molecule has 5 aromatic carbocycles. The smallest absolute Gasteiger partial charge is 0.343 e. The first-order chi connectivity index (χ1) is 25.9. The first kappa shape index (κ1) is 36.5. The lowest BCUT2D eigenvalue weighted by Crippen LogP contribution is -2.31. The summed E-state index contributed by atoms with van der Waals surface area (Å²) in [5.74, 6) is -3.12. The van der Waals surface area contributed by atoms with Crippen LogP contribution in [0.15, 0.2) is 132 Å². The van der Waals surface area contributed by atoms with Gasteiger partial charge >= 0.3 is 11.9 Å². The monoisotopic (exact) mass is 720 g/mol. The first-order valence-electron chi connectivity index (χ1n) is 16.7. The van der Waals surface area contributed by atoms with Crippen LogP contribution >= 0.6 is 0 Å². The molecule has 0 spiro atoms. The van der Waals surface area contributed by atoms with Gasteiger partial charge in [-0.15, -0.1) is 0 Å². The minimum Gasteiger partial charge on any atom is -0.423 e. The van der Waals surface area contributed by atoms with Crippen LogP contribution in [0.1, 0.15) is 77.6 Å². The average Bonchev–Trinajstić information content (AvgIpc) is 3.37. The molecule has 0 unspecified atom stereocenters. The lowest BCUT2D eigenvalue weighted by molar-refractivity contribution is -0.120. The number of ketones is 2. The Kier molecular flexibility index (Phi) is 10.5. The van der Waals surface area contributed by atoms with Crippen LogP contribution < -0.4 is 19.7 Å². The van der Waals surface area contributed by atoms with Gasteiger partial charge in [-0.2, -0.15) is 0 Å². The number of carbonyl (C=O) groups is 7. The van der Waals surface area contributed by atoms with Crippen LogP contribution in [0.3, 0.4) is 0 Å². The molecule has 1 aliphatic heterocycles. The number of aryl methyl sites for hydroxylation is 1. The molecule has 1 heterocycles. The number of carbonyl (C=O) groups excluding carboxylic acids is 7. The van der Waals surface area contributed by atoms with E-state index in [4.69, 9.17) is 9.47 Å². The second-order valence-corrected chi connectivity index (χ2v) is 12.5. The topological polar surface area (TPSA) is 153 Å². The fourth-order valence-electron chi connectivity index (χ4n) is 5.48. The Hall–Kier alpha value is -7.27. The molecule has 11 nitrogen and oxygen atoms in total. The Morgan fingerprint density at radius 3 is 1.56 bits per heavy atom. The molecule has 1 N–H and O–H groups in total. The number of hydrogen-bond donors (Lipinski definition) is 1. The van der Waals surface area contributed by atoms with Crippen molar-refractivity contribution in [1.29, 1.82) is 0 Å². The van der Waals surface area contributed by atoms with Crippen LogP contribution in [0, 0.1) is 6.92 Å². The molecule has 54 heavy (non-hydrogen) atoms. The van der Waals surface area contributed by atoms with E-state index in [0.717, 1.165) is 10.5 Å². The molecule has 6 rings (SSSR count). The van der Waals surface area contributed by atoms with Gasteiger partial charge in [0.1, 0.15) is 11.5 Å². The minimum atomic E-state index is -0.747. The maximum Gasteiger partial charge on any atom is 0.343 e. The molecule has 0 radical (unpaired) electrons. The van der Waals surface area contributed by atoms with Crippen molar-refractivity contribution in [2.45, 2.75) is 27.2 Å². The number of imide groups is 1. The standard InChI is InChI=1S/C43H32N2O9/c1-25-10-18-35(19-11-25)53-43(52)32-9-5-7-30(23-32)39(48)44-33-14-20-36(21-15-33)54-42(51)31-8-4-6-29(22-31)38(47)24-37(46)28-12-16-34(17-13-28)45-40(49)26(2)27(3)41(45)50/h4-23H,24H2,1-3H3,(H,44,48). The summed E-state index contributed by atoms with van der Waals surface area (Å²) in [6.45, 7) is 5.07. The SMILES string of the molecule is CC1=C(C)C(=O)N(c2ccc(C(=O)CC(=O)c3cccc(C(=O)Oc4ccc(NC(=O)c5cccc(C(=O)Oc6ccc(C)cc6)c5)cc4)c3)cc2)C1=O. The summed E-state index contributed by atoms with van der Waals surface area (Å²) in [7, 11) is 0. The van der Waals surface area contributed by atoms with Gasteiger partial charge in [0.25, 0.3) is 17.7 Å². The van der Waals surface area contributed by atoms with E-state index in [-0.39, 0.29) is 33.6 Å². The zero-order valence-electron chi connectivity index (χ0n) is 29.4. The molecule has 0 aliphatic carbocycles. The van der Waals surface area contributed by atoms with E-state index in [1.807, 2.05) is 19.1 Å². The molecule has 268 valence electrons. The fourth-order valence-corrected chi connectivity index (χ4v) is 5.48. The van der Waals surface area contributed by atoms with E-state index in [1.165, 1.54) is 78.9 Å². The zero-order valence-corrected chi connectivity index (χ0v) is 29.4. The zero-order chi connectivity index (χ0) is 38.5. The van der Waals surface area contributed by atoms with Gasteiger partial charge in [0.2, 0.25) is 0 Å². The number of ether oxygens (including phenoxy) is 2. The van der Waals surface area contributed by atoms with Crippen LogP contribution in [-0.2, 0) is 9.59 Å². The van der Waals surface area contributed by atoms with Gasteiger partial charge in [-0.3, -0.25) is 24.0 Å². The summed E-state index contributed by atoms with van der Waals surface area (Å²) in [5, 5.41) is 2.73. The van der Waals surface area contributed by atoms with E-state index in [2.05, 4.69) is 5.32 Å². The Bertz CT molecular complexity index is 2350. The van der Waals surface area contributed by atoms with Crippen molar-refractivity contribution < 1.29 is 43.0 Å². The molecule has 0 atom stereocenters. The molecule has 1 aliphatic rings. The molecule has 0 aromatic heterocycles. The van der Waals surface area contributed by atoms with Gasteiger partial charge in [-0.05, 0) is 112 Å². The van der Waals surface area contributed by atoms with E-state index in [9.17, 15) is 33.6 Å². The maximum atomic E-state index is 13.0. The third kappa shape index (κ3) is 8.11. The van der Waals surface area contributed by atoms with Gasteiger partial charge in [0, 0.05) is 33.5 Å². The Morgan fingerprint density at radius 2 is 1.00 bits per heavy atom. The number of Topliss-reactive ketones (excluding diaryl/α,β-unsaturated/α-hetero) is 2. The first-order valence-corrected chi connectivity index (χ1v) is 16.7. The van der Waals surface area contributed by atoms with Gasteiger partial charge in [0.15, 0.2) is 11.6 Å². The molecule has 0 saturated heterocycles. The van der Waals surface area contributed by atoms with Gasteiger partial charge < -0.3 is 14.8 Å². The number of hydrogen-bond acceptors (Lipinski definition) is 9. The summed E-state index contributed by atoms with van der Waals surface area (Å²) in [4.78, 5) is 90.5. The molecule has 3 amide bonds. The fraction of sp³-hybridized carbons (Fsp3) is 0.0930. The van der Waals surface area contributed by atoms with E-state index in [0.29, 0.717) is 28.3 Å². The van der Waals surface area contributed by atoms with Crippen molar-refractivity contribution in [1.82, 2.24) is 0 Å². The Balaban J connectivity index is 1.02. The Labute approximate surface area is 309 Å². The summed E-state index contributed by atoms with van der Waals surface area (Å²) in [6, 6.07) is 30.8. The largest absolute Gasteiger partial charge is 0.423 e. The van der Waals surface area contributed by atoms with Crippen LogP contribution in [-0.4, -0.2) is 41.2 Å². The van der Waals surface area contributed by atoms with E-state index < -0.39 is 47.6 Å². The maximum absolute atomic E-state index is 13.0. The van der Waals surface area contributed by atoms with Gasteiger partial charge in [-0.1, -0.05) is 35.9 Å². The van der Waals surface area contributed by atoms with Crippen molar-refractivity contribution >= 4 is 52.6 Å². The summed E-state index contributed by atoms with van der Waals surface area (Å²) >= 11 is 0. The van der Waals surface area contributed by atoms with Crippen LogP contribution in [0.2, 0.25) is 0 Å². The predicted molar refractivity (Wildman–Crippen MR) is 199 cm³/mol. The van der Waals surface area contributed by atoms with Crippen LogP contribution in [0.5, 0.6) is 11.5 Å². The van der Waals surface area contributed by atoms with Crippen molar-refractivity contribution in [3.05, 3.63) is 166 Å². The molecule has 5 aromatic rings. The van der Waals surface area contributed by atoms with Crippen molar-refractivity contribution in [2.24, 2.45) is 0 Å².